The number of hydrogen-bond donors (Lipinski definition) is 0. The molecule has 0 aromatic heterocycles. The number of carbonyl (C=O) groups excluding carboxylic acids is 3. The Kier molecular flexibility index (Phi) is 61.7. The lowest BCUT2D eigenvalue weighted by atomic mass is 10.0. The molecule has 0 N–H and O–H groups in total. The molecule has 0 rings (SSSR count). The predicted octanol–water partition coefficient (Wildman–Crippen LogP) is 22.6. The second kappa shape index (κ2) is 63.9. The molecule has 0 aliphatic heterocycles. The van der Waals surface area contributed by atoms with Crippen LogP contribution in [0.5, 0.6) is 0 Å². The first-order chi connectivity index (χ1) is 37.0. The number of allylic oxidation sites excluding steroid dienone is 8. The third-order valence-corrected chi connectivity index (χ3v) is 14.8. The molecule has 6 heteroatoms. The number of ether oxygens (including phenoxy) is 3. The maximum atomic E-state index is 12.9. The van der Waals surface area contributed by atoms with Gasteiger partial charge in [-0.2, -0.15) is 0 Å². The standard InChI is InChI=1S/C69H126O6/c1-4-7-10-13-16-19-22-25-27-29-31-33-34-36-37-39-41-44-47-50-53-56-59-62-68(71)74-65-66(64-73-67(70)61-58-55-52-49-46-43-24-21-18-15-12-9-6-3)75-69(72)63-60-57-54-51-48-45-42-40-38-35-32-30-28-26-23-20-17-14-11-8-5-2/h23,26,29-32,38,40,66H,4-22,24-25,27-28,33-37,39,41-65H2,1-3H3/b26-23-,31-29-,32-30-,40-38-. The van der Waals surface area contributed by atoms with Gasteiger partial charge in [0.2, 0.25) is 0 Å². The van der Waals surface area contributed by atoms with E-state index in [1.165, 1.54) is 238 Å². The van der Waals surface area contributed by atoms with Crippen LogP contribution >= 0.6 is 0 Å². The van der Waals surface area contributed by atoms with E-state index in [0.29, 0.717) is 19.3 Å². The average molecular weight is 1050 g/mol. The molecular weight excluding hydrogens is 925 g/mol. The van der Waals surface area contributed by atoms with Crippen molar-refractivity contribution in [3.63, 3.8) is 0 Å². The zero-order valence-corrected chi connectivity index (χ0v) is 50.3. The molecule has 438 valence electrons. The molecule has 0 aromatic rings. The molecule has 0 saturated heterocycles. The second-order valence-electron chi connectivity index (χ2n) is 22.4. The van der Waals surface area contributed by atoms with Crippen LogP contribution in [0.3, 0.4) is 0 Å². The molecule has 0 fully saturated rings. The summed E-state index contributed by atoms with van der Waals surface area (Å²) in [5.41, 5.74) is 0. The summed E-state index contributed by atoms with van der Waals surface area (Å²) >= 11 is 0. The zero-order valence-electron chi connectivity index (χ0n) is 50.3. The molecule has 0 bridgehead atoms. The quantitative estimate of drug-likeness (QED) is 0.0261. The van der Waals surface area contributed by atoms with Gasteiger partial charge in [0.25, 0.3) is 0 Å². The smallest absolute Gasteiger partial charge is 0.306 e. The fourth-order valence-electron chi connectivity index (χ4n) is 9.80. The van der Waals surface area contributed by atoms with Crippen molar-refractivity contribution < 1.29 is 28.6 Å². The van der Waals surface area contributed by atoms with Gasteiger partial charge in [0.15, 0.2) is 6.10 Å². The minimum absolute atomic E-state index is 0.0749. The van der Waals surface area contributed by atoms with E-state index in [1.807, 2.05) is 0 Å². The van der Waals surface area contributed by atoms with Crippen LogP contribution in [-0.4, -0.2) is 37.2 Å². The van der Waals surface area contributed by atoms with Crippen LogP contribution in [-0.2, 0) is 28.6 Å². The molecule has 0 saturated carbocycles. The number of rotatable bonds is 61. The average Bonchev–Trinajstić information content (AvgIpc) is 3.41. The SMILES string of the molecule is CCCCCCC/C=C\C/C=C\C/C=C\CCCCCCCCC(=O)OC(COC(=O)CCCCCCCCCCCCC/C=C\CCCCCCCCCC)COC(=O)CCCCCCCCCCCCCCC. The van der Waals surface area contributed by atoms with E-state index in [4.69, 9.17) is 14.2 Å². The Bertz CT molecular complexity index is 1300. The molecule has 0 heterocycles. The van der Waals surface area contributed by atoms with Crippen molar-refractivity contribution in [2.24, 2.45) is 0 Å². The van der Waals surface area contributed by atoms with Gasteiger partial charge in [0, 0.05) is 19.3 Å². The van der Waals surface area contributed by atoms with Crippen molar-refractivity contribution in [1.82, 2.24) is 0 Å². The van der Waals surface area contributed by atoms with E-state index >= 15 is 0 Å². The highest BCUT2D eigenvalue weighted by Crippen LogP contribution is 2.17. The lowest BCUT2D eigenvalue weighted by molar-refractivity contribution is -0.167. The lowest BCUT2D eigenvalue weighted by Crippen LogP contribution is -2.30. The molecule has 0 spiro atoms. The largest absolute Gasteiger partial charge is 0.462 e. The van der Waals surface area contributed by atoms with Gasteiger partial charge in [-0.15, -0.1) is 0 Å². The lowest BCUT2D eigenvalue weighted by Gasteiger charge is -2.18. The summed E-state index contributed by atoms with van der Waals surface area (Å²) in [5, 5.41) is 0. The molecule has 0 amide bonds. The van der Waals surface area contributed by atoms with Gasteiger partial charge >= 0.3 is 17.9 Å². The number of esters is 3. The minimum Gasteiger partial charge on any atom is -0.462 e. The highest BCUT2D eigenvalue weighted by atomic mass is 16.6. The van der Waals surface area contributed by atoms with Gasteiger partial charge in [-0.3, -0.25) is 14.4 Å². The summed E-state index contributed by atoms with van der Waals surface area (Å²) in [6.07, 6.45) is 79.8. The third-order valence-electron chi connectivity index (χ3n) is 14.8. The molecular formula is C69H126O6. The maximum Gasteiger partial charge on any atom is 0.306 e. The molecule has 6 nitrogen and oxygen atoms in total. The number of unbranched alkanes of at least 4 members (excludes halogenated alkanes) is 42. The number of carbonyl (C=O) groups is 3. The van der Waals surface area contributed by atoms with Crippen LogP contribution in [0.25, 0.3) is 0 Å². The van der Waals surface area contributed by atoms with Crippen molar-refractivity contribution in [2.75, 3.05) is 13.2 Å². The summed E-state index contributed by atoms with van der Waals surface area (Å²) in [7, 11) is 0. The summed E-state index contributed by atoms with van der Waals surface area (Å²) in [5.74, 6) is -0.867. The van der Waals surface area contributed by atoms with Crippen LogP contribution in [0, 0.1) is 0 Å². The highest BCUT2D eigenvalue weighted by molar-refractivity contribution is 5.71. The second-order valence-corrected chi connectivity index (χ2v) is 22.4. The van der Waals surface area contributed by atoms with Crippen LogP contribution in [0.4, 0.5) is 0 Å². The van der Waals surface area contributed by atoms with E-state index in [-0.39, 0.29) is 31.1 Å². The van der Waals surface area contributed by atoms with Gasteiger partial charge < -0.3 is 14.2 Å². The molecule has 75 heavy (non-hydrogen) atoms. The first-order valence-corrected chi connectivity index (χ1v) is 33.1. The van der Waals surface area contributed by atoms with Crippen molar-refractivity contribution in [3.8, 4) is 0 Å². The third kappa shape index (κ3) is 62.1. The normalized spacial score (nSPS) is 12.3. The fraction of sp³-hybridized carbons (Fsp3) is 0.841. The van der Waals surface area contributed by atoms with Crippen molar-refractivity contribution >= 4 is 17.9 Å². The van der Waals surface area contributed by atoms with Crippen LogP contribution in [0.2, 0.25) is 0 Å². The van der Waals surface area contributed by atoms with Gasteiger partial charge in [-0.1, -0.05) is 301 Å². The summed E-state index contributed by atoms with van der Waals surface area (Å²) in [6, 6.07) is 0. The van der Waals surface area contributed by atoms with E-state index in [0.717, 1.165) is 77.0 Å². The van der Waals surface area contributed by atoms with E-state index in [1.54, 1.807) is 0 Å². The van der Waals surface area contributed by atoms with Crippen molar-refractivity contribution in [2.45, 2.75) is 361 Å². The zero-order chi connectivity index (χ0) is 54.3. The van der Waals surface area contributed by atoms with Crippen LogP contribution in [0.1, 0.15) is 355 Å². The Morgan fingerprint density at radius 1 is 0.267 bits per heavy atom. The van der Waals surface area contributed by atoms with Crippen LogP contribution < -0.4 is 0 Å². The molecule has 1 unspecified atom stereocenters. The molecule has 0 aromatic carbocycles. The van der Waals surface area contributed by atoms with Gasteiger partial charge in [-0.05, 0) is 83.5 Å². The van der Waals surface area contributed by atoms with Gasteiger partial charge in [0.05, 0.1) is 0 Å². The highest BCUT2D eigenvalue weighted by Gasteiger charge is 2.19. The summed E-state index contributed by atoms with van der Waals surface area (Å²) < 4.78 is 16.9. The van der Waals surface area contributed by atoms with E-state index < -0.39 is 6.10 Å². The van der Waals surface area contributed by atoms with E-state index in [2.05, 4.69) is 69.4 Å². The van der Waals surface area contributed by atoms with Gasteiger partial charge in [0.1, 0.15) is 13.2 Å². The summed E-state index contributed by atoms with van der Waals surface area (Å²) in [4.78, 5) is 38.3. The van der Waals surface area contributed by atoms with Gasteiger partial charge in [-0.25, -0.2) is 0 Å². The van der Waals surface area contributed by atoms with Crippen LogP contribution in [0.15, 0.2) is 48.6 Å². The maximum absolute atomic E-state index is 12.9. The Hall–Kier alpha value is -2.63. The Labute approximate surface area is 467 Å². The monoisotopic (exact) mass is 1050 g/mol. The summed E-state index contributed by atoms with van der Waals surface area (Å²) in [6.45, 7) is 6.67. The van der Waals surface area contributed by atoms with E-state index in [9.17, 15) is 14.4 Å². The Morgan fingerprint density at radius 2 is 0.480 bits per heavy atom. The molecule has 0 aliphatic rings. The first kappa shape index (κ1) is 72.4. The molecule has 0 aliphatic carbocycles. The molecule has 0 radical (unpaired) electrons. The Balaban J connectivity index is 4.31. The van der Waals surface area contributed by atoms with Crippen molar-refractivity contribution in [1.29, 1.82) is 0 Å². The fourth-order valence-corrected chi connectivity index (χ4v) is 9.80. The minimum atomic E-state index is -0.779. The predicted molar refractivity (Wildman–Crippen MR) is 325 cm³/mol. The Morgan fingerprint density at radius 3 is 0.760 bits per heavy atom. The molecule has 1 atom stereocenters. The van der Waals surface area contributed by atoms with Crippen molar-refractivity contribution in [3.05, 3.63) is 48.6 Å². The first-order valence-electron chi connectivity index (χ1n) is 33.1. The number of hydrogen-bond acceptors (Lipinski definition) is 6. The topological polar surface area (TPSA) is 78.9 Å².